The van der Waals surface area contributed by atoms with Crippen LogP contribution in [0.15, 0.2) is 18.3 Å². The van der Waals surface area contributed by atoms with Crippen molar-refractivity contribution in [3.8, 4) is 0 Å². The van der Waals surface area contributed by atoms with E-state index in [1.807, 2.05) is 0 Å². The quantitative estimate of drug-likeness (QED) is 0.867. The van der Waals surface area contributed by atoms with Crippen molar-refractivity contribution in [1.29, 1.82) is 0 Å². The van der Waals surface area contributed by atoms with Crippen LogP contribution in [0.3, 0.4) is 0 Å². The molecule has 1 aromatic heterocycles. The molecule has 2 heterocycles. The second-order valence-corrected chi connectivity index (χ2v) is 3.56. The van der Waals surface area contributed by atoms with Gasteiger partial charge in [-0.3, -0.25) is 9.82 Å². The fraction of sp³-hybridized carbons (Fsp3) is 0.400. The number of carboxylic acid groups (broad SMARTS) is 1. The fourth-order valence-electron chi connectivity index (χ4n) is 1.70. The summed E-state index contributed by atoms with van der Waals surface area (Å²) in [6.07, 6.45) is -2.08. The minimum Gasteiger partial charge on any atom is -0.463 e. The van der Waals surface area contributed by atoms with Gasteiger partial charge in [0.1, 0.15) is 5.69 Å². The number of pyridine rings is 1. The van der Waals surface area contributed by atoms with Crippen LogP contribution in [-0.2, 0) is 4.84 Å². The molecule has 92 valence electrons. The van der Waals surface area contributed by atoms with E-state index in [1.165, 1.54) is 18.3 Å². The van der Waals surface area contributed by atoms with E-state index in [2.05, 4.69) is 4.98 Å². The number of rotatable bonds is 2. The lowest BCUT2D eigenvalue weighted by Gasteiger charge is -2.19. The number of amides is 1. The van der Waals surface area contributed by atoms with Gasteiger partial charge in [-0.2, -0.15) is 5.06 Å². The summed E-state index contributed by atoms with van der Waals surface area (Å²) in [5.74, 6) is 0. The van der Waals surface area contributed by atoms with Crippen molar-refractivity contribution in [2.45, 2.75) is 18.9 Å². The van der Waals surface area contributed by atoms with Gasteiger partial charge in [-0.05, 0) is 11.6 Å². The molecule has 0 spiro atoms. The number of carbonyl (C=O) groups is 1. The Kier molecular flexibility index (Phi) is 3.19. The van der Waals surface area contributed by atoms with Gasteiger partial charge >= 0.3 is 6.09 Å². The predicted octanol–water partition coefficient (Wildman–Crippen LogP) is 2.38. The average Bonchev–Trinajstić information content (AvgIpc) is 2.78. The zero-order valence-electron chi connectivity index (χ0n) is 8.72. The number of aromatic nitrogens is 1. The predicted molar refractivity (Wildman–Crippen MR) is 52.4 cm³/mol. The van der Waals surface area contributed by atoms with Gasteiger partial charge in [0.05, 0.1) is 12.6 Å². The van der Waals surface area contributed by atoms with E-state index in [0.717, 1.165) is 5.06 Å². The molecule has 0 aliphatic carbocycles. The molecule has 0 aromatic carbocycles. The molecule has 0 saturated carbocycles. The Hall–Kier alpha value is -1.76. The molecular weight excluding hydrogens is 234 g/mol. The summed E-state index contributed by atoms with van der Waals surface area (Å²) in [7, 11) is 0. The Balaban J connectivity index is 2.19. The van der Waals surface area contributed by atoms with Crippen LogP contribution in [-0.4, -0.2) is 27.9 Å². The van der Waals surface area contributed by atoms with Crippen molar-refractivity contribution in [2.24, 2.45) is 0 Å². The maximum Gasteiger partial charge on any atom is 0.432 e. The lowest BCUT2D eigenvalue weighted by molar-refractivity contribution is -0.104. The van der Waals surface area contributed by atoms with Crippen molar-refractivity contribution in [2.75, 3.05) is 6.61 Å². The molecule has 1 amide bonds. The molecule has 1 N–H and O–H groups in total. The SMILES string of the molecule is O=C(O)N1OCC[C@H]1c1ccc(C(F)F)nc1. The van der Waals surface area contributed by atoms with Gasteiger partial charge in [-0.15, -0.1) is 0 Å². The van der Waals surface area contributed by atoms with Gasteiger partial charge in [-0.1, -0.05) is 6.07 Å². The third kappa shape index (κ3) is 2.33. The lowest BCUT2D eigenvalue weighted by atomic mass is 10.1. The van der Waals surface area contributed by atoms with Crippen molar-refractivity contribution >= 4 is 6.09 Å². The maximum atomic E-state index is 12.3. The summed E-state index contributed by atoms with van der Waals surface area (Å²) in [6, 6.07) is 2.16. The molecule has 0 unspecified atom stereocenters. The average molecular weight is 244 g/mol. The summed E-state index contributed by atoms with van der Waals surface area (Å²) < 4.78 is 24.6. The Morgan fingerprint density at radius 1 is 1.59 bits per heavy atom. The van der Waals surface area contributed by atoms with Crippen molar-refractivity contribution in [3.05, 3.63) is 29.6 Å². The first-order valence-electron chi connectivity index (χ1n) is 4.98. The van der Waals surface area contributed by atoms with Crippen LogP contribution in [0.2, 0.25) is 0 Å². The zero-order chi connectivity index (χ0) is 12.4. The highest BCUT2D eigenvalue weighted by molar-refractivity contribution is 5.64. The summed E-state index contributed by atoms with van der Waals surface area (Å²) in [5, 5.41) is 9.67. The monoisotopic (exact) mass is 244 g/mol. The second kappa shape index (κ2) is 4.62. The summed E-state index contributed by atoms with van der Waals surface area (Å²) in [4.78, 5) is 19.3. The van der Waals surface area contributed by atoms with Crippen LogP contribution >= 0.6 is 0 Å². The Labute approximate surface area is 95.6 Å². The van der Waals surface area contributed by atoms with Gasteiger partial charge in [0.15, 0.2) is 0 Å². The number of hydrogen-bond acceptors (Lipinski definition) is 3. The summed E-state index contributed by atoms with van der Waals surface area (Å²) >= 11 is 0. The molecule has 0 bridgehead atoms. The zero-order valence-corrected chi connectivity index (χ0v) is 8.72. The van der Waals surface area contributed by atoms with Crippen LogP contribution in [0.4, 0.5) is 13.6 Å². The summed E-state index contributed by atoms with van der Waals surface area (Å²) in [6.45, 7) is 0.285. The van der Waals surface area contributed by atoms with E-state index in [0.29, 0.717) is 12.0 Å². The van der Waals surface area contributed by atoms with E-state index in [1.54, 1.807) is 0 Å². The highest BCUT2D eigenvalue weighted by Crippen LogP contribution is 2.30. The molecule has 5 nitrogen and oxygen atoms in total. The van der Waals surface area contributed by atoms with E-state index in [9.17, 15) is 13.6 Å². The number of hydrogen-bond donors (Lipinski definition) is 1. The van der Waals surface area contributed by atoms with Gasteiger partial charge in [0.2, 0.25) is 0 Å². The molecule has 1 aliphatic rings. The van der Waals surface area contributed by atoms with Gasteiger partial charge in [-0.25, -0.2) is 13.6 Å². The van der Waals surface area contributed by atoms with Crippen LogP contribution in [0.25, 0.3) is 0 Å². The standard InChI is InChI=1S/C10H10F2N2O3/c11-9(12)7-2-1-6(5-13-7)8-3-4-17-14(8)10(15)16/h1-2,5,8-9H,3-4H2,(H,15,16)/t8-/m0/s1. The van der Waals surface area contributed by atoms with Gasteiger partial charge in [0.25, 0.3) is 6.43 Å². The van der Waals surface area contributed by atoms with E-state index in [4.69, 9.17) is 9.94 Å². The largest absolute Gasteiger partial charge is 0.463 e. The minimum absolute atomic E-state index is 0.285. The molecule has 1 saturated heterocycles. The molecule has 17 heavy (non-hydrogen) atoms. The third-order valence-electron chi connectivity index (χ3n) is 2.51. The topological polar surface area (TPSA) is 62.7 Å². The molecule has 1 aliphatic heterocycles. The minimum atomic E-state index is -2.63. The molecule has 0 radical (unpaired) electrons. The van der Waals surface area contributed by atoms with E-state index in [-0.39, 0.29) is 12.3 Å². The molecule has 1 aromatic rings. The maximum absolute atomic E-state index is 12.3. The van der Waals surface area contributed by atoms with Gasteiger partial charge in [0, 0.05) is 12.6 Å². The number of halogens is 2. The molecule has 7 heteroatoms. The first-order chi connectivity index (χ1) is 8.09. The molecular formula is C10H10F2N2O3. The Morgan fingerprint density at radius 3 is 2.88 bits per heavy atom. The van der Waals surface area contributed by atoms with Crippen LogP contribution in [0.5, 0.6) is 0 Å². The number of nitrogens with zero attached hydrogens (tertiary/aromatic N) is 2. The second-order valence-electron chi connectivity index (χ2n) is 3.56. The fourth-order valence-corrected chi connectivity index (χ4v) is 1.70. The first kappa shape index (κ1) is 11.7. The van der Waals surface area contributed by atoms with Crippen LogP contribution < -0.4 is 0 Å². The third-order valence-corrected chi connectivity index (χ3v) is 2.51. The van der Waals surface area contributed by atoms with Crippen LogP contribution in [0.1, 0.15) is 30.1 Å². The number of hydroxylamine groups is 2. The lowest BCUT2D eigenvalue weighted by Crippen LogP contribution is -2.27. The molecule has 2 rings (SSSR count). The molecule has 1 atom stereocenters. The highest BCUT2D eigenvalue weighted by atomic mass is 19.3. The molecule has 1 fully saturated rings. The Morgan fingerprint density at radius 2 is 2.35 bits per heavy atom. The van der Waals surface area contributed by atoms with Crippen molar-refractivity contribution < 1.29 is 23.5 Å². The van der Waals surface area contributed by atoms with E-state index >= 15 is 0 Å². The van der Waals surface area contributed by atoms with Crippen molar-refractivity contribution in [3.63, 3.8) is 0 Å². The first-order valence-corrected chi connectivity index (χ1v) is 4.98. The normalized spacial score (nSPS) is 19.9. The van der Waals surface area contributed by atoms with Gasteiger partial charge < -0.3 is 5.11 Å². The smallest absolute Gasteiger partial charge is 0.432 e. The van der Waals surface area contributed by atoms with Crippen molar-refractivity contribution in [1.82, 2.24) is 10.0 Å². The number of alkyl halides is 2. The Bertz CT molecular complexity index is 411. The van der Waals surface area contributed by atoms with E-state index < -0.39 is 18.6 Å². The van der Waals surface area contributed by atoms with Crippen LogP contribution in [0, 0.1) is 0 Å². The highest BCUT2D eigenvalue weighted by Gasteiger charge is 2.31. The summed E-state index contributed by atoms with van der Waals surface area (Å²) in [5.41, 5.74) is 0.226.